The van der Waals surface area contributed by atoms with Crippen molar-refractivity contribution in [2.24, 2.45) is 5.92 Å². The Morgan fingerprint density at radius 1 is 1.24 bits per heavy atom. The molecule has 10 nitrogen and oxygen atoms in total. The SMILES string of the molecule is Cc1nn([C@@H]2CCS(=O)(=O)C2)c(C)c1CN(C)C(=O)CN1C(=O)N[C@]2(CCCC[C@H]2C)C1=O. The molecular formula is C22H33N5O5S. The Kier molecular flexibility index (Phi) is 6.05. The van der Waals surface area contributed by atoms with Crippen LogP contribution in [0.15, 0.2) is 0 Å². The van der Waals surface area contributed by atoms with Crippen molar-refractivity contribution in [1.29, 1.82) is 0 Å². The van der Waals surface area contributed by atoms with Crippen LogP contribution in [0.1, 0.15) is 62.0 Å². The van der Waals surface area contributed by atoms with Crippen LogP contribution in [0.2, 0.25) is 0 Å². The zero-order chi connectivity index (χ0) is 24.1. The van der Waals surface area contributed by atoms with Gasteiger partial charge in [-0.05, 0) is 39.0 Å². The molecule has 3 atom stereocenters. The summed E-state index contributed by atoms with van der Waals surface area (Å²) in [5.74, 6) is -0.361. The van der Waals surface area contributed by atoms with Crippen LogP contribution in [0, 0.1) is 19.8 Å². The van der Waals surface area contributed by atoms with Gasteiger partial charge in [0.15, 0.2) is 9.84 Å². The largest absolute Gasteiger partial charge is 0.340 e. The van der Waals surface area contributed by atoms with E-state index in [0.29, 0.717) is 12.8 Å². The number of nitrogens with one attached hydrogen (secondary N) is 1. The highest BCUT2D eigenvalue weighted by Gasteiger charge is 2.55. The molecule has 1 aromatic rings. The van der Waals surface area contributed by atoms with Crippen LogP contribution in [0.4, 0.5) is 4.79 Å². The van der Waals surface area contributed by atoms with Crippen molar-refractivity contribution in [2.75, 3.05) is 25.1 Å². The Bertz CT molecular complexity index is 1100. The Morgan fingerprint density at radius 2 is 1.97 bits per heavy atom. The monoisotopic (exact) mass is 479 g/mol. The maximum absolute atomic E-state index is 13.1. The molecule has 1 aliphatic carbocycles. The van der Waals surface area contributed by atoms with E-state index in [1.54, 1.807) is 11.7 Å². The number of rotatable bonds is 5. The van der Waals surface area contributed by atoms with Crippen molar-refractivity contribution in [3.05, 3.63) is 17.0 Å². The van der Waals surface area contributed by atoms with Gasteiger partial charge in [-0.25, -0.2) is 13.2 Å². The summed E-state index contributed by atoms with van der Waals surface area (Å²) in [6.45, 7) is 5.66. The highest BCUT2D eigenvalue weighted by Crippen LogP contribution is 2.38. The molecule has 3 fully saturated rings. The minimum absolute atomic E-state index is 0.0380. The van der Waals surface area contributed by atoms with E-state index in [1.165, 1.54) is 4.90 Å². The molecule has 11 heteroatoms. The first-order valence-corrected chi connectivity index (χ1v) is 13.4. The second kappa shape index (κ2) is 8.41. The van der Waals surface area contributed by atoms with Gasteiger partial charge in [-0.3, -0.25) is 19.2 Å². The van der Waals surface area contributed by atoms with Crippen molar-refractivity contribution in [1.82, 2.24) is 24.9 Å². The number of nitrogens with zero attached hydrogens (tertiary/aromatic N) is 4. The third-order valence-corrected chi connectivity index (χ3v) is 9.40. The number of amides is 4. The van der Waals surface area contributed by atoms with Gasteiger partial charge < -0.3 is 10.2 Å². The van der Waals surface area contributed by atoms with Crippen molar-refractivity contribution < 1.29 is 22.8 Å². The standard InChI is InChI=1S/C22H33N5O5S/c1-14-7-5-6-9-22(14)20(29)26(21(30)23-22)12-19(28)25(4)11-18-15(2)24-27(16(18)3)17-8-10-33(31,32)13-17/h14,17H,5-13H2,1-4H3,(H,23,30)/t14-,17-,22+/m1/s1. The van der Waals surface area contributed by atoms with Gasteiger partial charge in [0, 0.05) is 24.8 Å². The maximum Gasteiger partial charge on any atom is 0.325 e. The fraction of sp³-hybridized carbons (Fsp3) is 0.727. The molecule has 1 aromatic heterocycles. The summed E-state index contributed by atoms with van der Waals surface area (Å²) in [7, 11) is -1.41. The molecule has 3 aliphatic rings. The highest BCUT2D eigenvalue weighted by atomic mass is 32.2. The number of hydrogen-bond acceptors (Lipinski definition) is 6. The molecular weight excluding hydrogens is 446 g/mol. The van der Waals surface area contributed by atoms with Crippen molar-refractivity contribution in [3.8, 4) is 0 Å². The summed E-state index contributed by atoms with van der Waals surface area (Å²) in [5.41, 5.74) is 1.54. The first-order valence-electron chi connectivity index (χ1n) is 11.6. The average molecular weight is 480 g/mol. The normalized spacial score (nSPS) is 29.0. The van der Waals surface area contributed by atoms with E-state index in [0.717, 1.165) is 41.1 Å². The van der Waals surface area contributed by atoms with Crippen molar-refractivity contribution >= 4 is 27.7 Å². The fourth-order valence-electron chi connectivity index (χ4n) is 5.47. The highest BCUT2D eigenvalue weighted by molar-refractivity contribution is 7.91. The second-order valence-electron chi connectivity index (χ2n) is 9.84. The Labute approximate surface area is 194 Å². The van der Waals surface area contributed by atoms with E-state index in [-0.39, 0.29) is 48.4 Å². The van der Waals surface area contributed by atoms with Crippen molar-refractivity contribution in [3.63, 3.8) is 0 Å². The lowest BCUT2D eigenvalue weighted by molar-refractivity contribution is -0.140. The van der Waals surface area contributed by atoms with Gasteiger partial charge in [-0.2, -0.15) is 5.10 Å². The van der Waals surface area contributed by atoms with Crippen LogP contribution < -0.4 is 5.32 Å². The number of sulfone groups is 1. The van der Waals surface area contributed by atoms with Crippen LogP contribution in [-0.4, -0.2) is 76.5 Å². The summed E-state index contributed by atoms with van der Waals surface area (Å²) >= 11 is 0. The molecule has 2 aliphatic heterocycles. The van der Waals surface area contributed by atoms with Crippen molar-refractivity contribution in [2.45, 2.75) is 71.0 Å². The second-order valence-corrected chi connectivity index (χ2v) is 12.1. The topological polar surface area (TPSA) is 122 Å². The van der Waals surface area contributed by atoms with E-state index in [2.05, 4.69) is 10.4 Å². The lowest BCUT2D eigenvalue weighted by Crippen LogP contribution is -2.54. The molecule has 4 amide bonds. The van der Waals surface area contributed by atoms with Gasteiger partial charge in [0.25, 0.3) is 5.91 Å². The fourth-order valence-corrected chi connectivity index (χ4v) is 7.16. The number of likely N-dealkylation sites (N-methyl/N-ethyl adjacent to an activating group) is 1. The Hall–Kier alpha value is -2.43. The van der Waals surface area contributed by atoms with Gasteiger partial charge in [0.05, 0.1) is 23.2 Å². The lowest BCUT2D eigenvalue weighted by atomic mass is 9.73. The number of carbonyl (C=O) groups is 3. The molecule has 1 spiro atoms. The smallest absolute Gasteiger partial charge is 0.325 e. The maximum atomic E-state index is 13.1. The van der Waals surface area contributed by atoms with Gasteiger partial charge in [0.2, 0.25) is 5.91 Å². The average Bonchev–Trinajstić information content (AvgIpc) is 3.33. The Morgan fingerprint density at radius 3 is 2.61 bits per heavy atom. The number of imide groups is 1. The number of aryl methyl sites for hydroxylation is 1. The predicted octanol–water partition coefficient (Wildman–Crippen LogP) is 1.32. The summed E-state index contributed by atoms with van der Waals surface area (Å²) in [5, 5.41) is 7.43. The van der Waals surface area contributed by atoms with Gasteiger partial charge >= 0.3 is 6.03 Å². The van der Waals surface area contributed by atoms with E-state index >= 15 is 0 Å². The van der Waals surface area contributed by atoms with Crippen LogP contribution in [0.5, 0.6) is 0 Å². The summed E-state index contributed by atoms with van der Waals surface area (Å²) in [6.07, 6.45) is 3.92. The molecule has 1 N–H and O–H groups in total. The predicted molar refractivity (Wildman–Crippen MR) is 121 cm³/mol. The zero-order valence-electron chi connectivity index (χ0n) is 19.8. The molecule has 1 saturated carbocycles. The van der Waals surface area contributed by atoms with E-state index in [1.807, 2.05) is 20.8 Å². The summed E-state index contributed by atoms with van der Waals surface area (Å²) < 4.78 is 25.5. The number of urea groups is 1. The quantitative estimate of drug-likeness (QED) is 0.636. The van der Waals surface area contributed by atoms with Gasteiger partial charge in [-0.15, -0.1) is 0 Å². The summed E-state index contributed by atoms with van der Waals surface area (Å²) in [6, 6.07) is -0.693. The Balaban J connectivity index is 1.44. The minimum atomic E-state index is -3.04. The van der Waals surface area contributed by atoms with E-state index < -0.39 is 21.4 Å². The summed E-state index contributed by atoms with van der Waals surface area (Å²) in [4.78, 5) is 41.2. The lowest BCUT2D eigenvalue weighted by Gasteiger charge is -2.36. The molecule has 0 bridgehead atoms. The number of hydrogen-bond donors (Lipinski definition) is 1. The van der Waals surface area contributed by atoms with Crippen LogP contribution in [-0.2, 0) is 26.0 Å². The van der Waals surface area contributed by atoms with Crippen LogP contribution in [0.25, 0.3) is 0 Å². The minimum Gasteiger partial charge on any atom is -0.340 e. The first-order chi connectivity index (χ1) is 15.4. The molecule has 0 radical (unpaired) electrons. The van der Waals surface area contributed by atoms with Crippen LogP contribution >= 0.6 is 0 Å². The molecule has 3 heterocycles. The van der Waals surface area contributed by atoms with Gasteiger partial charge in [0.1, 0.15) is 12.1 Å². The first kappa shape index (κ1) is 23.7. The van der Waals surface area contributed by atoms with Gasteiger partial charge in [-0.1, -0.05) is 19.8 Å². The van der Waals surface area contributed by atoms with Crippen LogP contribution in [0.3, 0.4) is 0 Å². The van der Waals surface area contributed by atoms with E-state index in [4.69, 9.17) is 0 Å². The molecule has 0 aromatic carbocycles. The molecule has 0 unspecified atom stereocenters. The number of carbonyl (C=O) groups excluding carboxylic acids is 3. The number of aromatic nitrogens is 2. The zero-order valence-corrected chi connectivity index (χ0v) is 20.6. The third-order valence-electron chi connectivity index (χ3n) is 7.64. The molecule has 182 valence electrons. The third kappa shape index (κ3) is 4.15. The van der Waals surface area contributed by atoms with E-state index in [9.17, 15) is 22.8 Å². The molecule has 2 saturated heterocycles. The molecule has 4 rings (SSSR count). The molecule has 33 heavy (non-hydrogen) atoms.